The topological polar surface area (TPSA) is 98.7 Å². The van der Waals surface area contributed by atoms with Gasteiger partial charge < -0.3 is 20.8 Å². The van der Waals surface area contributed by atoms with Crippen LogP contribution in [-0.2, 0) is 0 Å². The Morgan fingerprint density at radius 2 is 1.95 bits per heavy atom. The highest BCUT2D eigenvalue weighted by atomic mass is 16.4. The van der Waals surface area contributed by atoms with Crippen molar-refractivity contribution in [3.05, 3.63) is 23.8 Å². The molecule has 0 aliphatic heterocycles. The molecule has 0 aliphatic rings. The van der Waals surface area contributed by atoms with Crippen LogP contribution in [0.5, 0.6) is 5.75 Å². The quantitative estimate of drug-likeness (QED) is 0.623. The molecule has 6 nitrogen and oxygen atoms in total. The van der Waals surface area contributed by atoms with Crippen molar-refractivity contribution in [1.29, 1.82) is 0 Å². The number of benzene rings is 1. The third kappa shape index (κ3) is 4.15. The first-order valence-corrected chi connectivity index (χ1v) is 6.49. The molecule has 0 radical (unpaired) electrons. The lowest BCUT2D eigenvalue weighted by Crippen LogP contribution is -2.40. The Bertz CT molecular complexity index is 500. The van der Waals surface area contributed by atoms with Crippen molar-refractivity contribution >= 4 is 17.7 Å². The number of hydrogen-bond acceptors (Lipinski definition) is 3. The van der Waals surface area contributed by atoms with Gasteiger partial charge in [-0.05, 0) is 30.5 Å². The van der Waals surface area contributed by atoms with Crippen LogP contribution in [0.2, 0.25) is 0 Å². The van der Waals surface area contributed by atoms with Gasteiger partial charge in [-0.2, -0.15) is 0 Å². The lowest BCUT2D eigenvalue weighted by molar-refractivity contribution is 0.0693. The number of rotatable bonds is 5. The molecule has 1 aromatic rings. The highest BCUT2D eigenvalue weighted by Gasteiger charge is 2.15. The number of aromatic hydroxyl groups is 1. The van der Waals surface area contributed by atoms with Gasteiger partial charge in [0.1, 0.15) is 11.3 Å². The smallest absolute Gasteiger partial charge is 0.339 e. The fourth-order valence-corrected chi connectivity index (χ4v) is 1.86. The molecule has 0 heterocycles. The van der Waals surface area contributed by atoms with E-state index in [0.717, 1.165) is 6.42 Å². The van der Waals surface area contributed by atoms with Gasteiger partial charge in [-0.25, -0.2) is 9.59 Å². The molecule has 6 heteroatoms. The van der Waals surface area contributed by atoms with Crippen LogP contribution in [0.15, 0.2) is 18.2 Å². The zero-order chi connectivity index (χ0) is 15.3. The van der Waals surface area contributed by atoms with E-state index in [4.69, 9.17) is 5.11 Å². The molecule has 1 atom stereocenters. The summed E-state index contributed by atoms with van der Waals surface area (Å²) in [4.78, 5) is 22.7. The van der Waals surface area contributed by atoms with Crippen LogP contribution in [-0.4, -0.2) is 28.3 Å². The summed E-state index contributed by atoms with van der Waals surface area (Å²) in [5.74, 6) is -1.28. The first-order chi connectivity index (χ1) is 9.35. The Morgan fingerprint density at radius 1 is 1.30 bits per heavy atom. The summed E-state index contributed by atoms with van der Waals surface area (Å²) in [6.07, 6.45) is 0.807. The SMILES string of the molecule is CCC(NC(=O)Nc1ccc(O)c(C(=O)O)c1)C(C)C. The third-order valence-corrected chi connectivity index (χ3v) is 3.05. The summed E-state index contributed by atoms with van der Waals surface area (Å²) in [5.41, 5.74) is 0.0648. The monoisotopic (exact) mass is 280 g/mol. The van der Waals surface area contributed by atoms with Crippen LogP contribution in [0.3, 0.4) is 0 Å². The van der Waals surface area contributed by atoms with Crippen molar-refractivity contribution in [2.45, 2.75) is 33.2 Å². The first-order valence-electron chi connectivity index (χ1n) is 6.49. The number of carboxylic acids is 1. The van der Waals surface area contributed by atoms with Crippen molar-refractivity contribution in [2.24, 2.45) is 5.92 Å². The Balaban J connectivity index is 2.76. The van der Waals surface area contributed by atoms with E-state index in [-0.39, 0.29) is 17.4 Å². The fraction of sp³-hybridized carbons (Fsp3) is 0.429. The summed E-state index contributed by atoms with van der Waals surface area (Å²) in [7, 11) is 0. The largest absolute Gasteiger partial charge is 0.507 e. The molecule has 1 unspecified atom stereocenters. The van der Waals surface area contributed by atoms with Gasteiger partial charge >= 0.3 is 12.0 Å². The molecule has 0 aliphatic carbocycles. The van der Waals surface area contributed by atoms with Gasteiger partial charge in [-0.1, -0.05) is 20.8 Å². The number of hydrogen-bond donors (Lipinski definition) is 4. The van der Waals surface area contributed by atoms with Crippen molar-refractivity contribution < 1.29 is 19.8 Å². The lowest BCUT2D eigenvalue weighted by Gasteiger charge is -2.21. The maximum Gasteiger partial charge on any atom is 0.339 e. The van der Waals surface area contributed by atoms with E-state index in [1.807, 2.05) is 20.8 Å². The molecule has 110 valence electrons. The second kappa shape index (κ2) is 6.79. The van der Waals surface area contributed by atoms with Crippen molar-refractivity contribution in [1.82, 2.24) is 5.32 Å². The van der Waals surface area contributed by atoms with Crippen molar-refractivity contribution in [3.63, 3.8) is 0 Å². The lowest BCUT2D eigenvalue weighted by atomic mass is 10.0. The van der Waals surface area contributed by atoms with Crippen LogP contribution in [0.4, 0.5) is 10.5 Å². The number of nitrogens with one attached hydrogen (secondary N) is 2. The minimum absolute atomic E-state index is 0.0473. The van der Waals surface area contributed by atoms with E-state index in [9.17, 15) is 14.7 Å². The van der Waals surface area contributed by atoms with E-state index in [1.165, 1.54) is 18.2 Å². The van der Waals surface area contributed by atoms with Crippen LogP contribution < -0.4 is 10.6 Å². The minimum atomic E-state index is -1.25. The van der Waals surface area contributed by atoms with Crippen LogP contribution in [0, 0.1) is 5.92 Å². The molecule has 20 heavy (non-hydrogen) atoms. The second-order valence-corrected chi connectivity index (χ2v) is 4.89. The number of anilines is 1. The summed E-state index contributed by atoms with van der Waals surface area (Å²) < 4.78 is 0. The predicted octanol–water partition coefficient (Wildman–Crippen LogP) is 2.65. The van der Waals surface area contributed by atoms with E-state index < -0.39 is 12.0 Å². The highest BCUT2D eigenvalue weighted by Crippen LogP contribution is 2.21. The number of amides is 2. The van der Waals surface area contributed by atoms with Crippen molar-refractivity contribution in [2.75, 3.05) is 5.32 Å². The van der Waals surface area contributed by atoms with Gasteiger partial charge in [0, 0.05) is 11.7 Å². The van der Waals surface area contributed by atoms with E-state index in [2.05, 4.69) is 10.6 Å². The minimum Gasteiger partial charge on any atom is -0.507 e. The van der Waals surface area contributed by atoms with Gasteiger partial charge in [-0.3, -0.25) is 0 Å². The highest BCUT2D eigenvalue weighted by molar-refractivity contribution is 5.95. The summed E-state index contributed by atoms with van der Waals surface area (Å²) in [6.45, 7) is 6.00. The van der Waals surface area contributed by atoms with Crippen molar-refractivity contribution in [3.8, 4) is 5.75 Å². The Morgan fingerprint density at radius 3 is 2.45 bits per heavy atom. The van der Waals surface area contributed by atoms with E-state index >= 15 is 0 Å². The molecule has 0 bridgehead atoms. The molecule has 2 amide bonds. The number of phenols is 1. The average Bonchev–Trinajstić information content (AvgIpc) is 2.37. The summed E-state index contributed by atoms with van der Waals surface area (Å²) in [6, 6.07) is 3.54. The molecule has 1 aromatic carbocycles. The van der Waals surface area contributed by atoms with Crippen LogP contribution >= 0.6 is 0 Å². The normalized spacial score (nSPS) is 12.0. The standard InChI is InChI=1S/C14H20N2O4/c1-4-11(8(2)3)16-14(20)15-9-5-6-12(17)10(7-9)13(18)19/h5-8,11,17H,4H2,1-3H3,(H,18,19)(H2,15,16,20). The summed E-state index contributed by atoms with van der Waals surface area (Å²) >= 11 is 0. The number of carboxylic acid groups (broad SMARTS) is 1. The Labute approximate surface area is 117 Å². The molecule has 0 fully saturated rings. The molecule has 0 saturated heterocycles. The van der Waals surface area contributed by atoms with Crippen LogP contribution in [0.1, 0.15) is 37.6 Å². The predicted molar refractivity (Wildman–Crippen MR) is 76.1 cm³/mol. The molecule has 0 saturated carbocycles. The van der Waals surface area contributed by atoms with Gasteiger partial charge in [0.15, 0.2) is 0 Å². The number of carbonyl (C=O) groups excluding carboxylic acids is 1. The molecular weight excluding hydrogens is 260 g/mol. The average molecular weight is 280 g/mol. The Kier molecular flexibility index (Phi) is 5.37. The first kappa shape index (κ1) is 15.8. The van der Waals surface area contributed by atoms with Gasteiger partial charge in [-0.15, -0.1) is 0 Å². The van der Waals surface area contributed by atoms with E-state index in [0.29, 0.717) is 11.6 Å². The fourth-order valence-electron chi connectivity index (χ4n) is 1.86. The van der Waals surface area contributed by atoms with E-state index in [1.54, 1.807) is 0 Å². The molecular formula is C14H20N2O4. The summed E-state index contributed by atoms with van der Waals surface area (Å²) in [5, 5.41) is 23.7. The maximum absolute atomic E-state index is 11.8. The molecule has 0 aromatic heterocycles. The number of urea groups is 1. The third-order valence-electron chi connectivity index (χ3n) is 3.05. The van der Waals surface area contributed by atoms with Gasteiger partial charge in [0.2, 0.25) is 0 Å². The molecule has 4 N–H and O–H groups in total. The number of carbonyl (C=O) groups is 2. The maximum atomic E-state index is 11.8. The van der Waals surface area contributed by atoms with Gasteiger partial charge in [0.25, 0.3) is 0 Å². The van der Waals surface area contributed by atoms with Gasteiger partial charge in [0.05, 0.1) is 0 Å². The Hall–Kier alpha value is -2.24. The molecule has 1 rings (SSSR count). The number of aromatic carboxylic acids is 1. The molecule has 0 spiro atoms. The zero-order valence-corrected chi connectivity index (χ0v) is 11.8. The zero-order valence-electron chi connectivity index (χ0n) is 11.8. The van der Waals surface area contributed by atoms with Crippen LogP contribution in [0.25, 0.3) is 0 Å². The second-order valence-electron chi connectivity index (χ2n) is 4.89.